The van der Waals surface area contributed by atoms with Crippen LogP contribution < -0.4 is 0 Å². The van der Waals surface area contributed by atoms with Gasteiger partial charge in [0, 0.05) is 40.6 Å². The van der Waals surface area contributed by atoms with Crippen LogP contribution in [-0.4, -0.2) is 44.9 Å². The number of methoxy groups -OCH3 is 4. The minimum absolute atomic E-state index is 0.118. The summed E-state index contributed by atoms with van der Waals surface area (Å²) in [6, 6.07) is 9.39. The van der Waals surface area contributed by atoms with E-state index in [1.165, 1.54) is 52.7 Å². The highest BCUT2D eigenvalue weighted by Gasteiger charge is 2.86. The van der Waals surface area contributed by atoms with Gasteiger partial charge in [-0.2, -0.15) is 10.5 Å². The van der Waals surface area contributed by atoms with Gasteiger partial charge in [0.05, 0.1) is 23.0 Å². The number of nitrogens with zero attached hydrogens (tertiary/aromatic N) is 3. The maximum absolute atomic E-state index is 10.9. The van der Waals surface area contributed by atoms with Gasteiger partial charge in [0.15, 0.2) is 0 Å². The van der Waals surface area contributed by atoms with Crippen LogP contribution in [0.2, 0.25) is 0 Å². The summed E-state index contributed by atoms with van der Waals surface area (Å²) in [6.45, 7) is 0. The lowest BCUT2D eigenvalue weighted by Gasteiger charge is -2.65. The largest absolute Gasteiger partial charge is 0.348 e. The number of non-ortho nitro benzene ring substituents is 1. The quantitative estimate of drug-likeness (QED) is 0.432. The lowest BCUT2D eigenvalue weighted by Crippen LogP contribution is -2.82. The van der Waals surface area contributed by atoms with Crippen molar-refractivity contribution in [1.82, 2.24) is 0 Å². The van der Waals surface area contributed by atoms with Crippen molar-refractivity contribution in [2.75, 3.05) is 28.4 Å². The molecule has 0 N–H and O–H groups in total. The van der Waals surface area contributed by atoms with E-state index in [2.05, 4.69) is 0 Å². The molecule has 9 heteroatoms. The SMILES string of the molecule is COC1(OC)[C@@H](c2ccc([N+](=O)[O-])cc2)C(C#N)(C#N)C1(OC)OC. The van der Waals surface area contributed by atoms with Gasteiger partial charge in [0.2, 0.25) is 11.2 Å². The van der Waals surface area contributed by atoms with Crippen LogP contribution in [0.1, 0.15) is 11.5 Å². The Kier molecular flexibility index (Phi) is 4.80. The van der Waals surface area contributed by atoms with Gasteiger partial charge in [-0.1, -0.05) is 12.1 Å². The summed E-state index contributed by atoms with van der Waals surface area (Å²) >= 11 is 0. The molecule has 1 aliphatic carbocycles. The molecule has 0 aromatic heterocycles. The van der Waals surface area contributed by atoms with Crippen LogP contribution in [0, 0.1) is 38.2 Å². The van der Waals surface area contributed by atoms with Crippen LogP contribution in [0.4, 0.5) is 5.69 Å². The minimum Gasteiger partial charge on any atom is -0.348 e. The first-order valence-electron chi connectivity index (χ1n) is 7.17. The topological polar surface area (TPSA) is 128 Å². The van der Waals surface area contributed by atoms with Crippen molar-refractivity contribution in [2.45, 2.75) is 17.5 Å². The molecule has 0 bridgehead atoms. The van der Waals surface area contributed by atoms with Crippen molar-refractivity contribution in [3.8, 4) is 12.1 Å². The Bertz CT molecular complexity index is 727. The highest BCUT2D eigenvalue weighted by atomic mass is 16.8. The second kappa shape index (κ2) is 6.39. The average molecular weight is 347 g/mol. The fraction of sp³-hybridized carbons (Fsp3) is 0.500. The summed E-state index contributed by atoms with van der Waals surface area (Å²) in [7, 11) is 5.25. The highest BCUT2D eigenvalue weighted by Crippen LogP contribution is 2.68. The average Bonchev–Trinajstić information content (AvgIpc) is 2.64. The number of rotatable bonds is 6. The fourth-order valence-electron chi connectivity index (χ4n) is 3.70. The molecule has 1 aromatic carbocycles. The summed E-state index contributed by atoms with van der Waals surface area (Å²) < 4.78 is 21.8. The van der Waals surface area contributed by atoms with E-state index in [4.69, 9.17) is 18.9 Å². The molecule has 0 radical (unpaired) electrons. The van der Waals surface area contributed by atoms with Crippen LogP contribution in [-0.2, 0) is 18.9 Å². The minimum atomic E-state index is -1.81. The first-order chi connectivity index (χ1) is 11.9. The maximum Gasteiger partial charge on any atom is 0.269 e. The van der Waals surface area contributed by atoms with Crippen molar-refractivity contribution in [3.63, 3.8) is 0 Å². The molecule has 1 aromatic rings. The summed E-state index contributed by atoms with van der Waals surface area (Å²) in [4.78, 5) is 10.3. The van der Waals surface area contributed by atoms with E-state index < -0.39 is 27.8 Å². The van der Waals surface area contributed by atoms with E-state index in [0.29, 0.717) is 5.56 Å². The van der Waals surface area contributed by atoms with Gasteiger partial charge in [-0.15, -0.1) is 0 Å². The molecule has 0 unspecified atom stereocenters. The van der Waals surface area contributed by atoms with E-state index >= 15 is 0 Å². The second-order valence-electron chi connectivity index (χ2n) is 5.41. The van der Waals surface area contributed by atoms with Crippen LogP contribution >= 0.6 is 0 Å². The molecule has 0 heterocycles. The molecule has 0 aliphatic heterocycles. The molecule has 25 heavy (non-hydrogen) atoms. The summed E-state index contributed by atoms with van der Waals surface area (Å²) in [5, 5.41) is 30.4. The Balaban J connectivity index is 2.70. The van der Waals surface area contributed by atoms with Crippen molar-refractivity contribution in [1.29, 1.82) is 10.5 Å². The van der Waals surface area contributed by atoms with E-state index in [0.717, 1.165) is 0 Å². The fourth-order valence-corrected chi connectivity index (χ4v) is 3.70. The Morgan fingerprint density at radius 1 is 1.00 bits per heavy atom. The van der Waals surface area contributed by atoms with Crippen LogP contribution in [0.5, 0.6) is 0 Å². The first-order valence-corrected chi connectivity index (χ1v) is 7.17. The van der Waals surface area contributed by atoms with E-state index in [1.807, 2.05) is 12.1 Å². The number of nitro benzene ring substituents is 1. The van der Waals surface area contributed by atoms with Gasteiger partial charge in [-0.3, -0.25) is 10.1 Å². The molecular weight excluding hydrogens is 330 g/mol. The summed E-state index contributed by atoms with van der Waals surface area (Å²) in [5.74, 6) is -4.33. The van der Waals surface area contributed by atoms with Crippen molar-refractivity contribution in [3.05, 3.63) is 39.9 Å². The van der Waals surface area contributed by atoms with E-state index in [-0.39, 0.29) is 5.69 Å². The number of ether oxygens (including phenoxy) is 4. The van der Waals surface area contributed by atoms with Crippen molar-refractivity contribution < 1.29 is 23.9 Å². The number of hydrogen-bond acceptors (Lipinski definition) is 8. The predicted octanol–water partition coefficient (Wildman–Crippen LogP) is 1.70. The monoisotopic (exact) mass is 347 g/mol. The van der Waals surface area contributed by atoms with Gasteiger partial charge >= 0.3 is 0 Å². The third-order valence-corrected chi connectivity index (χ3v) is 4.76. The Morgan fingerprint density at radius 3 is 1.80 bits per heavy atom. The number of hydrogen-bond donors (Lipinski definition) is 0. The Labute approximate surface area is 144 Å². The van der Waals surface area contributed by atoms with Crippen molar-refractivity contribution >= 4 is 5.69 Å². The molecule has 132 valence electrons. The van der Waals surface area contributed by atoms with Crippen LogP contribution in [0.15, 0.2) is 24.3 Å². The van der Waals surface area contributed by atoms with Gasteiger partial charge in [0.1, 0.15) is 0 Å². The maximum atomic E-state index is 10.9. The molecule has 9 nitrogen and oxygen atoms in total. The highest BCUT2D eigenvalue weighted by molar-refractivity contribution is 5.48. The normalized spacial score (nSPS) is 22.2. The Hall–Kier alpha value is -2.56. The molecule has 1 atom stereocenters. The third kappa shape index (κ3) is 2.01. The predicted molar refractivity (Wildman–Crippen MR) is 83.0 cm³/mol. The summed E-state index contributed by atoms with van der Waals surface area (Å²) in [6.07, 6.45) is 0. The van der Waals surface area contributed by atoms with Crippen molar-refractivity contribution in [2.24, 2.45) is 5.41 Å². The van der Waals surface area contributed by atoms with E-state index in [9.17, 15) is 20.6 Å². The van der Waals surface area contributed by atoms with Gasteiger partial charge in [-0.05, 0) is 5.56 Å². The molecule has 0 saturated heterocycles. The lowest BCUT2D eigenvalue weighted by molar-refractivity contribution is -0.481. The van der Waals surface area contributed by atoms with Crippen LogP contribution in [0.3, 0.4) is 0 Å². The molecule has 1 aliphatic rings. The molecular formula is C16H17N3O6. The molecule has 1 fully saturated rings. The zero-order valence-electron chi connectivity index (χ0n) is 14.2. The van der Waals surface area contributed by atoms with Gasteiger partial charge in [-0.25, -0.2) is 0 Å². The van der Waals surface area contributed by atoms with Gasteiger partial charge in [0.25, 0.3) is 11.5 Å². The standard InChI is InChI=1S/C16H17N3O6/c1-22-15(23-2)13(11-5-7-12(8-6-11)19(20)21)14(9-17,10-18)16(15,24-3)25-4/h5-8,13H,1-4H3/t13-/m0/s1. The number of nitriles is 2. The summed E-state index contributed by atoms with van der Waals surface area (Å²) in [5.41, 5.74) is -1.46. The molecule has 0 amide bonds. The smallest absolute Gasteiger partial charge is 0.269 e. The first kappa shape index (κ1) is 18.8. The Morgan fingerprint density at radius 2 is 1.48 bits per heavy atom. The number of nitro groups is 1. The number of benzene rings is 1. The molecule has 2 rings (SSSR count). The molecule has 0 spiro atoms. The van der Waals surface area contributed by atoms with Crippen LogP contribution in [0.25, 0.3) is 0 Å². The lowest BCUT2D eigenvalue weighted by atomic mass is 9.49. The molecule has 1 saturated carbocycles. The van der Waals surface area contributed by atoms with Gasteiger partial charge < -0.3 is 18.9 Å². The zero-order valence-corrected chi connectivity index (χ0v) is 14.2. The zero-order chi connectivity index (χ0) is 18.9. The third-order valence-electron chi connectivity index (χ3n) is 4.76. The second-order valence-corrected chi connectivity index (χ2v) is 5.41. The van der Waals surface area contributed by atoms with E-state index in [1.54, 1.807) is 0 Å².